The van der Waals surface area contributed by atoms with E-state index < -0.39 is 0 Å². The first-order chi connectivity index (χ1) is 8.56. The molecule has 0 radical (unpaired) electrons. The quantitative estimate of drug-likeness (QED) is 0.833. The number of halogens is 1. The Morgan fingerprint density at radius 1 is 1.22 bits per heavy atom. The van der Waals surface area contributed by atoms with Crippen molar-refractivity contribution < 1.29 is 4.79 Å². The number of nitrogen functional groups attached to an aromatic ring is 1. The van der Waals surface area contributed by atoms with Crippen LogP contribution in [0.4, 0.5) is 11.4 Å². The highest BCUT2D eigenvalue weighted by Gasteiger charge is 2.10. The van der Waals surface area contributed by atoms with Crippen molar-refractivity contribution in [2.75, 3.05) is 11.1 Å². The van der Waals surface area contributed by atoms with E-state index in [0.29, 0.717) is 16.9 Å². The van der Waals surface area contributed by atoms with Crippen LogP contribution in [0.1, 0.15) is 15.9 Å². The molecule has 0 heterocycles. The summed E-state index contributed by atoms with van der Waals surface area (Å²) in [7, 11) is 0. The Hall–Kier alpha value is -1.81. The Morgan fingerprint density at radius 2 is 2.00 bits per heavy atom. The van der Waals surface area contributed by atoms with Crippen LogP contribution in [0.25, 0.3) is 0 Å². The van der Waals surface area contributed by atoms with Gasteiger partial charge in [0.05, 0.1) is 5.56 Å². The number of hydrogen-bond acceptors (Lipinski definition) is 2. The van der Waals surface area contributed by atoms with Crippen LogP contribution in [0.3, 0.4) is 0 Å². The van der Waals surface area contributed by atoms with Crippen molar-refractivity contribution in [1.29, 1.82) is 0 Å². The predicted octanol–water partition coefficient (Wildman–Crippen LogP) is 3.59. The van der Waals surface area contributed by atoms with Crippen molar-refractivity contribution in [3.8, 4) is 0 Å². The van der Waals surface area contributed by atoms with Crippen LogP contribution in [-0.4, -0.2) is 5.91 Å². The van der Waals surface area contributed by atoms with E-state index in [1.807, 2.05) is 25.1 Å². The summed E-state index contributed by atoms with van der Waals surface area (Å²) in [6, 6.07) is 12.8. The van der Waals surface area contributed by atoms with Crippen molar-refractivity contribution >= 4 is 33.2 Å². The summed E-state index contributed by atoms with van der Waals surface area (Å²) in [6.45, 7) is 1.95. The molecule has 92 valence electrons. The number of carbonyl (C=O) groups is 1. The largest absolute Gasteiger partial charge is 0.399 e. The topological polar surface area (TPSA) is 55.1 Å². The maximum absolute atomic E-state index is 12.1. The van der Waals surface area contributed by atoms with Crippen LogP contribution in [0.5, 0.6) is 0 Å². The molecule has 0 saturated carbocycles. The molecule has 1 amide bonds. The summed E-state index contributed by atoms with van der Waals surface area (Å²) in [6.07, 6.45) is 0. The van der Waals surface area contributed by atoms with E-state index in [0.717, 1.165) is 10.0 Å². The standard InChI is InChI=1S/C14H13BrN2O/c1-9-5-6-13(15)12(7-9)14(18)17-11-4-2-3-10(16)8-11/h2-8H,16H2,1H3,(H,17,18). The van der Waals surface area contributed by atoms with Crippen LogP contribution in [0.15, 0.2) is 46.9 Å². The van der Waals surface area contributed by atoms with Gasteiger partial charge in [-0.15, -0.1) is 0 Å². The summed E-state index contributed by atoms with van der Waals surface area (Å²) in [5.41, 5.74) is 8.62. The second-order valence-corrected chi connectivity index (χ2v) is 4.92. The van der Waals surface area contributed by atoms with E-state index in [4.69, 9.17) is 5.73 Å². The van der Waals surface area contributed by atoms with E-state index in [1.54, 1.807) is 24.3 Å². The number of aryl methyl sites for hydroxylation is 1. The maximum Gasteiger partial charge on any atom is 0.256 e. The Morgan fingerprint density at radius 3 is 2.72 bits per heavy atom. The molecule has 0 aromatic heterocycles. The van der Waals surface area contributed by atoms with Gasteiger partial charge in [-0.25, -0.2) is 0 Å². The molecule has 3 nitrogen and oxygen atoms in total. The lowest BCUT2D eigenvalue weighted by atomic mass is 10.1. The SMILES string of the molecule is Cc1ccc(Br)c(C(=O)Nc2cccc(N)c2)c1. The van der Waals surface area contributed by atoms with Gasteiger partial charge in [-0.05, 0) is 53.2 Å². The van der Waals surface area contributed by atoms with E-state index in [-0.39, 0.29) is 5.91 Å². The van der Waals surface area contributed by atoms with Crippen LogP contribution in [0.2, 0.25) is 0 Å². The molecule has 2 aromatic carbocycles. The Balaban J connectivity index is 2.24. The third kappa shape index (κ3) is 2.90. The molecule has 18 heavy (non-hydrogen) atoms. The second-order valence-electron chi connectivity index (χ2n) is 4.06. The zero-order chi connectivity index (χ0) is 13.1. The van der Waals surface area contributed by atoms with Gasteiger partial charge in [0, 0.05) is 15.8 Å². The van der Waals surface area contributed by atoms with Crippen LogP contribution in [-0.2, 0) is 0 Å². The number of hydrogen-bond donors (Lipinski definition) is 2. The Kier molecular flexibility index (Phi) is 3.67. The molecule has 0 aliphatic heterocycles. The average molecular weight is 305 g/mol. The minimum absolute atomic E-state index is 0.156. The van der Waals surface area contributed by atoms with Crippen molar-refractivity contribution in [2.45, 2.75) is 6.92 Å². The lowest BCUT2D eigenvalue weighted by Crippen LogP contribution is -2.12. The molecule has 0 spiro atoms. The first-order valence-corrected chi connectivity index (χ1v) is 6.28. The van der Waals surface area contributed by atoms with Gasteiger partial charge in [0.25, 0.3) is 5.91 Å². The van der Waals surface area contributed by atoms with E-state index in [1.165, 1.54) is 0 Å². The summed E-state index contributed by atoms with van der Waals surface area (Å²) in [5.74, 6) is -0.156. The molecule has 3 N–H and O–H groups in total. The summed E-state index contributed by atoms with van der Waals surface area (Å²) >= 11 is 3.37. The number of anilines is 2. The van der Waals surface area contributed by atoms with Gasteiger partial charge in [-0.2, -0.15) is 0 Å². The van der Waals surface area contributed by atoms with E-state index >= 15 is 0 Å². The monoisotopic (exact) mass is 304 g/mol. The highest BCUT2D eigenvalue weighted by molar-refractivity contribution is 9.10. The van der Waals surface area contributed by atoms with Gasteiger partial charge >= 0.3 is 0 Å². The Bertz CT molecular complexity index is 596. The first-order valence-electron chi connectivity index (χ1n) is 5.49. The van der Waals surface area contributed by atoms with Gasteiger partial charge in [-0.3, -0.25) is 4.79 Å². The molecule has 0 aliphatic rings. The Labute approximate surface area is 114 Å². The minimum Gasteiger partial charge on any atom is -0.399 e. The fourth-order valence-corrected chi connectivity index (χ4v) is 2.05. The molecule has 0 saturated heterocycles. The highest BCUT2D eigenvalue weighted by atomic mass is 79.9. The van der Waals surface area contributed by atoms with Crippen molar-refractivity contribution in [3.63, 3.8) is 0 Å². The summed E-state index contributed by atoms with van der Waals surface area (Å²) in [5, 5.41) is 2.82. The highest BCUT2D eigenvalue weighted by Crippen LogP contribution is 2.20. The number of nitrogens with one attached hydrogen (secondary N) is 1. The van der Waals surface area contributed by atoms with Gasteiger partial charge < -0.3 is 11.1 Å². The van der Waals surface area contributed by atoms with Crippen molar-refractivity contribution in [2.24, 2.45) is 0 Å². The number of carbonyl (C=O) groups excluding carboxylic acids is 1. The zero-order valence-corrected chi connectivity index (χ0v) is 11.5. The fraction of sp³-hybridized carbons (Fsp3) is 0.0714. The van der Waals surface area contributed by atoms with Crippen LogP contribution in [0, 0.1) is 6.92 Å². The normalized spacial score (nSPS) is 10.1. The molecule has 0 aliphatic carbocycles. The first kappa shape index (κ1) is 12.6. The average Bonchev–Trinajstić information content (AvgIpc) is 2.32. The van der Waals surface area contributed by atoms with Gasteiger partial charge in [-0.1, -0.05) is 17.7 Å². The van der Waals surface area contributed by atoms with Crippen LogP contribution < -0.4 is 11.1 Å². The maximum atomic E-state index is 12.1. The molecule has 0 unspecified atom stereocenters. The number of rotatable bonds is 2. The number of amides is 1. The minimum atomic E-state index is -0.156. The molecule has 4 heteroatoms. The smallest absolute Gasteiger partial charge is 0.256 e. The molecule has 0 bridgehead atoms. The lowest BCUT2D eigenvalue weighted by molar-refractivity contribution is 0.102. The summed E-state index contributed by atoms with van der Waals surface area (Å²) in [4.78, 5) is 12.1. The molecule has 2 rings (SSSR count). The van der Waals surface area contributed by atoms with E-state index in [2.05, 4.69) is 21.2 Å². The van der Waals surface area contributed by atoms with Gasteiger partial charge in [0.15, 0.2) is 0 Å². The summed E-state index contributed by atoms with van der Waals surface area (Å²) < 4.78 is 0.773. The molecule has 0 atom stereocenters. The molecular weight excluding hydrogens is 292 g/mol. The predicted molar refractivity (Wildman–Crippen MR) is 77.7 cm³/mol. The van der Waals surface area contributed by atoms with Gasteiger partial charge in [0.1, 0.15) is 0 Å². The van der Waals surface area contributed by atoms with Crippen molar-refractivity contribution in [1.82, 2.24) is 0 Å². The van der Waals surface area contributed by atoms with Crippen LogP contribution >= 0.6 is 15.9 Å². The third-order valence-electron chi connectivity index (χ3n) is 2.51. The third-order valence-corrected chi connectivity index (χ3v) is 3.20. The number of nitrogens with two attached hydrogens (primary N) is 1. The van der Waals surface area contributed by atoms with Crippen molar-refractivity contribution in [3.05, 3.63) is 58.1 Å². The molecule has 0 fully saturated rings. The lowest BCUT2D eigenvalue weighted by Gasteiger charge is -2.08. The molecular formula is C14H13BrN2O. The fourth-order valence-electron chi connectivity index (χ4n) is 1.63. The van der Waals surface area contributed by atoms with Gasteiger partial charge in [0.2, 0.25) is 0 Å². The number of benzene rings is 2. The van der Waals surface area contributed by atoms with E-state index in [9.17, 15) is 4.79 Å². The molecule has 2 aromatic rings. The second kappa shape index (κ2) is 5.23. The zero-order valence-electron chi connectivity index (χ0n) is 9.91.